The molecule has 0 aromatic carbocycles. The van der Waals surface area contributed by atoms with E-state index < -0.39 is 12.2 Å². The molecule has 1 atom stereocenters. The van der Waals surface area contributed by atoms with Gasteiger partial charge in [0.05, 0.1) is 6.61 Å². The second-order valence-corrected chi connectivity index (χ2v) is 3.13. The number of hydrogen-bond acceptors (Lipinski definition) is 6. The van der Waals surface area contributed by atoms with Crippen LogP contribution in [0, 0.1) is 0 Å². The summed E-state index contributed by atoms with van der Waals surface area (Å²) in [6.07, 6.45) is 5.00. The Balaban J connectivity index is 2.25. The number of carbonyl (C=O) groups is 1. The number of carbonyl (C=O) groups excluding carboxylic acids is 1. The first-order valence-corrected chi connectivity index (χ1v) is 4.86. The highest BCUT2D eigenvalue weighted by Gasteiger charge is 2.30. The lowest BCUT2D eigenvalue weighted by Gasteiger charge is -2.29. The van der Waals surface area contributed by atoms with Gasteiger partial charge in [-0.2, -0.15) is 0 Å². The van der Waals surface area contributed by atoms with Crippen LogP contribution in [0.2, 0.25) is 0 Å². The first-order valence-electron chi connectivity index (χ1n) is 4.86. The fraction of sp³-hybridized carbons (Fsp3) is 0.300. The normalized spacial score (nSPS) is 22.4. The van der Waals surface area contributed by atoms with Crippen LogP contribution >= 0.6 is 0 Å². The number of aliphatic hydroxyl groups is 1. The van der Waals surface area contributed by atoms with E-state index in [4.69, 9.17) is 4.74 Å². The second kappa shape index (κ2) is 4.28. The number of aliphatic hydroxyl groups excluding tert-OH is 1. The van der Waals surface area contributed by atoms with E-state index in [0.717, 1.165) is 0 Å². The smallest absolute Gasteiger partial charge is 0.340 e. The first-order chi connectivity index (χ1) is 7.74. The second-order valence-electron chi connectivity index (χ2n) is 3.13. The molecule has 0 radical (unpaired) electrons. The number of ether oxygens (including phenoxy) is 1. The average Bonchev–Trinajstić information content (AvgIpc) is 2.30. The molecule has 0 spiro atoms. The monoisotopic (exact) mass is 221 g/mol. The van der Waals surface area contributed by atoms with Gasteiger partial charge in [0.25, 0.3) is 0 Å². The van der Waals surface area contributed by atoms with Crippen LogP contribution < -0.4 is 0 Å². The van der Waals surface area contributed by atoms with Crippen molar-refractivity contribution >= 4 is 18.1 Å². The molecule has 2 rings (SSSR count). The van der Waals surface area contributed by atoms with Crippen molar-refractivity contribution in [2.24, 2.45) is 9.98 Å². The van der Waals surface area contributed by atoms with Crippen LogP contribution in [-0.4, -0.2) is 41.0 Å². The maximum absolute atomic E-state index is 11.5. The Morgan fingerprint density at radius 3 is 3.25 bits per heavy atom. The third-order valence-corrected chi connectivity index (χ3v) is 2.13. The van der Waals surface area contributed by atoms with Crippen molar-refractivity contribution in [2.45, 2.75) is 13.2 Å². The van der Waals surface area contributed by atoms with E-state index >= 15 is 0 Å². The molecule has 0 amide bonds. The van der Waals surface area contributed by atoms with Crippen LogP contribution in [0.4, 0.5) is 0 Å². The Labute approximate surface area is 92.3 Å². The van der Waals surface area contributed by atoms with E-state index in [-0.39, 0.29) is 12.2 Å². The molecule has 0 saturated carbocycles. The number of hydrogen-bond donors (Lipinski definition) is 1. The predicted molar refractivity (Wildman–Crippen MR) is 57.6 cm³/mol. The van der Waals surface area contributed by atoms with Gasteiger partial charge in [-0.15, -0.1) is 0 Å². The Morgan fingerprint density at radius 2 is 2.50 bits per heavy atom. The van der Waals surface area contributed by atoms with Crippen molar-refractivity contribution in [2.75, 3.05) is 6.61 Å². The molecule has 0 aliphatic carbocycles. The minimum Gasteiger partial charge on any atom is -0.462 e. The topological polar surface area (TPSA) is 74.5 Å². The van der Waals surface area contributed by atoms with E-state index in [2.05, 4.69) is 9.98 Å². The quantitative estimate of drug-likeness (QED) is 0.667. The Bertz CT molecular complexity index is 423. The molecule has 0 fully saturated rings. The summed E-state index contributed by atoms with van der Waals surface area (Å²) in [5.41, 5.74) is 0.104. The Kier molecular flexibility index (Phi) is 2.82. The number of aliphatic imine (C=N–C) groups is 2. The highest BCUT2D eigenvalue weighted by atomic mass is 16.5. The van der Waals surface area contributed by atoms with Gasteiger partial charge in [0.2, 0.25) is 5.96 Å². The van der Waals surface area contributed by atoms with Gasteiger partial charge in [-0.1, -0.05) is 0 Å². The lowest BCUT2D eigenvalue weighted by molar-refractivity contribution is -0.140. The third-order valence-electron chi connectivity index (χ3n) is 2.13. The molecule has 2 aliphatic heterocycles. The van der Waals surface area contributed by atoms with Crippen molar-refractivity contribution in [1.82, 2.24) is 4.90 Å². The Morgan fingerprint density at radius 1 is 1.69 bits per heavy atom. The molecular weight excluding hydrogens is 210 g/mol. The zero-order valence-corrected chi connectivity index (χ0v) is 8.70. The summed E-state index contributed by atoms with van der Waals surface area (Å²) in [5.74, 6) is -0.219. The number of nitrogens with zero attached hydrogens (tertiary/aromatic N) is 3. The molecule has 0 bridgehead atoms. The molecule has 84 valence electrons. The van der Waals surface area contributed by atoms with Gasteiger partial charge in [0.15, 0.2) is 6.23 Å². The highest BCUT2D eigenvalue weighted by Crippen LogP contribution is 2.18. The van der Waals surface area contributed by atoms with Crippen LogP contribution in [0.5, 0.6) is 0 Å². The van der Waals surface area contributed by atoms with E-state index in [9.17, 15) is 9.90 Å². The van der Waals surface area contributed by atoms with Crippen LogP contribution in [0.1, 0.15) is 6.92 Å². The van der Waals surface area contributed by atoms with Crippen molar-refractivity contribution < 1.29 is 14.6 Å². The molecular formula is C10H11N3O3. The van der Waals surface area contributed by atoms with Crippen molar-refractivity contribution in [3.63, 3.8) is 0 Å². The molecule has 2 aliphatic rings. The summed E-state index contributed by atoms with van der Waals surface area (Å²) >= 11 is 0. The van der Waals surface area contributed by atoms with Gasteiger partial charge >= 0.3 is 5.97 Å². The van der Waals surface area contributed by atoms with Crippen LogP contribution in [0.25, 0.3) is 0 Å². The maximum atomic E-state index is 11.5. The molecule has 1 unspecified atom stereocenters. The molecule has 6 nitrogen and oxygen atoms in total. The lowest BCUT2D eigenvalue weighted by atomic mass is 10.2. The van der Waals surface area contributed by atoms with Crippen LogP contribution in [-0.2, 0) is 9.53 Å². The van der Waals surface area contributed by atoms with Gasteiger partial charge in [-0.25, -0.2) is 14.8 Å². The summed E-state index contributed by atoms with van der Waals surface area (Å²) in [6, 6.07) is 0. The Hall–Kier alpha value is -1.95. The third kappa shape index (κ3) is 1.74. The minimum atomic E-state index is -1.10. The number of rotatable bonds is 2. The SMILES string of the molecule is CCOC(=O)C1=CN=C2N=CC=CN2C1O. The van der Waals surface area contributed by atoms with Gasteiger partial charge in [0.1, 0.15) is 5.57 Å². The molecule has 0 aromatic rings. The lowest BCUT2D eigenvalue weighted by Crippen LogP contribution is -2.42. The number of guanidine groups is 1. The zero-order chi connectivity index (χ0) is 11.5. The van der Waals surface area contributed by atoms with E-state index in [1.165, 1.54) is 11.1 Å². The molecule has 2 heterocycles. The maximum Gasteiger partial charge on any atom is 0.340 e. The molecule has 0 saturated heterocycles. The van der Waals surface area contributed by atoms with Gasteiger partial charge in [-0.05, 0) is 13.0 Å². The summed E-state index contributed by atoms with van der Waals surface area (Å²) in [6.45, 7) is 1.96. The van der Waals surface area contributed by atoms with Gasteiger partial charge in [0, 0.05) is 18.6 Å². The van der Waals surface area contributed by atoms with Crippen molar-refractivity contribution in [3.05, 3.63) is 24.0 Å². The first kappa shape index (κ1) is 10.6. The summed E-state index contributed by atoms with van der Waals surface area (Å²) in [7, 11) is 0. The molecule has 16 heavy (non-hydrogen) atoms. The molecule has 6 heteroatoms. The van der Waals surface area contributed by atoms with Gasteiger partial charge < -0.3 is 9.84 Å². The van der Waals surface area contributed by atoms with E-state index in [0.29, 0.717) is 5.96 Å². The standard InChI is InChI=1S/C10H11N3O3/c1-2-16-9(15)7-6-12-10-11-4-3-5-13(10)8(7)14/h3-6,8,14H,2H2,1H3. The fourth-order valence-corrected chi connectivity index (χ4v) is 1.38. The summed E-state index contributed by atoms with van der Waals surface area (Å²) < 4.78 is 4.81. The number of allylic oxidation sites excluding steroid dienone is 1. The van der Waals surface area contributed by atoms with Crippen molar-refractivity contribution in [3.8, 4) is 0 Å². The average molecular weight is 221 g/mol. The summed E-state index contributed by atoms with van der Waals surface area (Å²) in [5, 5.41) is 9.91. The highest BCUT2D eigenvalue weighted by molar-refractivity contribution is 5.98. The zero-order valence-electron chi connectivity index (χ0n) is 8.70. The van der Waals surface area contributed by atoms with Gasteiger partial charge in [-0.3, -0.25) is 4.90 Å². The minimum absolute atomic E-state index is 0.104. The van der Waals surface area contributed by atoms with Crippen LogP contribution in [0.3, 0.4) is 0 Å². The van der Waals surface area contributed by atoms with E-state index in [1.54, 1.807) is 25.4 Å². The predicted octanol–water partition coefficient (Wildman–Crippen LogP) is 0.0215. The fourth-order valence-electron chi connectivity index (χ4n) is 1.38. The molecule has 0 aromatic heterocycles. The largest absolute Gasteiger partial charge is 0.462 e. The summed E-state index contributed by atoms with van der Waals surface area (Å²) in [4.78, 5) is 20.8. The van der Waals surface area contributed by atoms with Crippen LogP contribution in [0.15, 0.2) is 34.0 Å². The molecule has 1 N–H and O–H groups in total. The number of fused-ring (bicyclic) bond motifs is 1. The number of esters is 1. The van der Waals surface area contributed by atoms with Crippen molar-refractivity contribution in [1.29, 1.82) is 0 Å². The van der Waals surface area contributed by atoms with E-state index in [1.807, 2.05) is 0 Å².